The van der Waals surface area contributed by atoms with Gasteiger partial charge in [0.05, 0.1) is 46.3 Å². The summed E-state index contributed by atoms with van der Waals surface area (Å²) in [5, 5.41) is 18.1. The lowest BCUT2D eigenvalue weighted by Gasteiger charge is -2.39. The number of halogens is 1. The average molecular weight is 862 g/mol. The Labute approximate surface area is 358 Å². The van der Waals surface area contributed by atoms with Crippen LogP contribution in [0.15, 0.2) is 83.9 Å². The number of amides is 2. The minimum atomic E-state index is -1.94. The molecule has 0 spiro atoms. The number of carbonyl (C=O) groups is 2. The van der Waals surface area contributed by atoms with Gasteiger partial charge in [-0.3, -0.25) is 19.9 Å². The normalized spacial score (nSPS) is 24.2. The highest BCUT2D eigenvalue weighted by molar-refractivity contribution is 7.44. The van der Waals surface area contributed by atoms with Gasteiger partial charge in [-0.25, -0.2) is 9.06 Å². The Hall–Kier alpha value is -4.72. The second kappa shape index (κ2) is 20.4. The van der Waals surface area contributed by atoms with E-state index in [2.05, 4.69) is 27.0 Å². The van der Waals surface area contributed by atoms with Crippen molar-refractivity contribution in [2.24, 2.45) is 10.9 Å². The molecule has 6 rings (SSSR count). The lowest BCUT2D eigenvalue weighted by molar-refractivity contribution is -0.134. The zero-order valence-corrected chi connectivity index (χ0v) is 36.8. The molecule has 0 radical (unpaired) electrons. The SMILES string of the molecule is COc1ccc(C(OC[C@H]2O[C@@H](N3C=NC4C(=O)NC(NC(=O)C(C)C)NC43)[C@H](F)[C@@H]2OP(OCCC#N)N(C(C)C)C(C)C)(c2ccccc2)c2ccc(OC)cc2)cc1. The number of nitrogens with zero attached hydrogens (tertiary/aromatic N) is 4. The fourth-order valence-corrected chi connectivity index (χ4v) is 9.54. The fourth-order valence-electron chi connectivity index (χ4n) is 7.78. The molecule has 2 saturated heterocycles. The van der Waals surface area contributed by atoms with Crippen LogP contribution in [0.1, 0.15) is 64.7 Å². The van der Waals surface area contributed by atoms with Gasteiger partial charge in [-0.15, -0.1) is 0 Å². The zero-order chi connectivity index (χ0) is 43.8. The number of hydrogen-bond acceptors (Lipinski definition) is 13. The van der Waals surface area contributed by atoms with Crippen LogP contribution in [0.4, 0.5) is 4.39 Å². The molecule has 61 heavy (non-hydrogen) atoms. The van der Waals surface area contributed by atoms with Crippen molar-refractivity contribution in [1.29, 1.82) is 5.26 Å². The molecule has 0 bridgehead atoms. The number of nitriles is 1. The van der Waals surface area contributed by atoms with Gasteiger partial charge in [0.2, 0.25) is 5.91 Å². The van der Waals surface area contributed by atoms with Crippen molar-refractivity contribution >= 4 is 26.7 Å². The van der Waals surface area contributed by atoms with E-state index in [4.69, 9.17) is 28.0 Å². The molecule has 3 aliphatic heterocycles. The Kier molecular flexibility index (Phi) is 15.3. The number of ether oxygens (including phenoxy) is 4. The third-order valence-corrected chi connectivity index (χ3v) is 12.9. The molecular weight excluding hydrogens is 804 g/mol. The molecule has 0 saturated carbocycles. The van der Waals surface area contributed by atoms with Gasteiger partial charge >= 0.3 is 0 Å². The molecule has 17 heteroatoms. The summed E-state index contributed by atoms with van der Waals surface area (Å²) in [5.41, 5.74) is 1.06. The molecule has 2 fully saturated rings. The van der Waals surface area contributed by atoms with E-state index in [-0.39, 0.29) is 43.5 Å². The van der Waals surface area contributed by atoms with Crippen LogP contribution in [0, 0.1) is 17.2 Å². The van der Waals surface area contributed by atoms with Crippen molar-refractivity contribution < 1.29 is 42.0 Å². The number of hydrogen-bond donors (Lipinski definition) is 3. The third-order valence-electron chi connectivity index (χ3n) is 10.8. The molecule has 3 heterocycles. The van der Waals surface area contributed by atoms with Crippen LogP contribution in [0.2, 0.25) is 0 Å². The fraction of sp³-hybridized carbons (Fsp3) is 0.500. The van der Waals surface area contributed by atoms with Crippen molar-refractivity contribution in [2.75, 3.05) is 27.4 Å². The Balaban J connectivity index is 1.41. The smallest absolute Gasteiger partial charge is 0.259 e. The molecule has 3 N–H and O–H groups in total. The highest BCUT2D eigenvalue weighted by Gasteiger charge is 2.56. The van der Waals surface area contributed by atoms with E-state index in [1.54, 1.807) is 28.1 Å². The maximum atomic E-state index is 17.6. The number of aliphatic imine (C=N–C) groups is 1. The van der Waals surface area contributed by atoms with Crippen molar-refractivity contribution in [2.45, 2.75) is 109 Å². The topological polar surface area (TPSA) is 168 Å². The third kappa shape index (κ3) is 10.00. The van der Waals surface area contributed by atoms with Crippen LogP contribution in [0.5, 0.6) is 11.5 Å². The number of benzene rings is 3. The molecule has 8 atom stereocenters. The first-order chi connectivity index (χ1) is 29.3. The summed E-state index contributed by atoms with van der Waals surface area (Å²) in [4.78, 5) is 31.9. The maximum absolute atomic E-state index is 17.6. The van der Waals surface area contributed by atoms with Crippen molar-refractivity contribution in [3.8, 4) is 17.6 Å². The van der Waals surface area contributed by atoms with Crippen LogP contribution < -0.4 is 25.4 Å². The second-order valence-electron chi connectivity index (χ2n) is 15.8. The number of carbonyl (C=O) groups excluding carboxylic acids is 2. The van der Waals surface area contributed by atoms with Crippen LogP contribution in [0.25, 0.3) is 0 Å². The van der Waals surface area contributed by atoms with Gasteiger partial charge in [-0.2, -0.15) is 5.26 Å². The molecule has 3 aliphatic rings. The molecule has 15 nitrogen and oxygen atoms in total. The molecular formula is C44H57FN7O8P. The Morgan fingerprint density at radius 3 is 2.10 bits per heavy atom. The number of nitrogens with one attached hydrogen (secondary N) is 3. The standard InChI is InChI=1S/C44H57FN7O8P/c1-27(2)40(53)49-43-48-39-37(41(54)50-43)47-26-51(39)42-36(45)38(60-61(58-24-12-23-46)52(28(3)4)29(5)6)35(59-42)25-57-44(30-13-10-9-11-14-30,31-15-19-33(55-7)20-16-31)32-17-21-34(56-8)22-18-32/h9-11,13-22,26-29,35-39,42-43,48H,12,24-25H2,1-8H3,(H,49,53)(H,50,54)/t35-,36-,37?,38-,39?,42-,43?,61?/m1/s1. The summed E-state index contributed by atoms with van der Waals surface area (Å²) >= 11 is 0. The summed E-state index contributed by atoms with van der Waals surface area (Å²) in [6.07, 6.45) is -5.75. The Morgan fingerprint density at radius 1 is 0.967 bits per heavy atom. The summed E-state index contributed by atoms with van der Waals surface area (Å²) < 4.78 is 57.7. The first kappa shape index (κ1) is 45.8. The molecule has 0 aliphatic carbocycles. The predicted molar refractivity (Wildman–Crippen MR) is 228 cm³/mol. The quantitative estimate of drug-likeness (QED) is 0.0783. The molecule has 328 valence electrons. The zero-order valence-electron chi connectivity index (χ0n) is 35.9. The van der Waals surface area contributed by atoms with Gasteiger partial charge in [-0.1, -0.05) is 68.4 Å². The van der Waals surface area contributed by atoms with Crippen molar-refractivity contribution in [3.63, 3.8) is 0 Å². The number of alkyl halides is 1. The number of methoxy groups -OCH3 is 2. The minimum absolute atomic E-state index is 0.0654. The van der Waals surface area contributed by atoms with Crippen LogP contribution in [-0.2, 0) is 33.7 Å². The Bertz CT molecular complexity index is 1930. The van der Waals surface area contributed by atoms with Gasteiger partial charge in [0.25, 0.3) is 14.4 Å². The van der Waals surface area contributed by atoms with Crippen LogP contribution in [0.3, 0.4) is 0 Å². The predicted octanol–water partition coefficient (Wildman–Crippen LogP) is 5.55. The van der Waals surface area contributed by atoms with Gasteiger partial charge in [0, 0.05) is 18.0 Å². The van der Waals surface area contributed by atoms with Gasteiger partial charge < -0.3 is 43.5 Å². The largest absolute Gasteiger partial charge is 0.497 e. The minimum Gasteiger partial charge on any atom is -0.497 e. The van der Waals surface area contributed by atoms with Crippen molar-refractivity contribution in [1.82, 2.24) is 25.5 Å². The summed E-state index contributed by atoms with van der Waals surface area (Å²) in [7, 11) is 1.26. The van der Waals surface area contributed by atoms with Gasteiger partial charge in [0.1, 0.15) is 35.5 Å². The number of fused-ring (bicyclic) bond motifs is 1. The van der Waals surface area contributed by atoms with Crippen molar-refractivity contribution in [3.05, 3.63) is 95.6 Å². The first-order valence-corrected chi connectivity index (χ1v) is 21.7. The average Bonchev–Trinajstić information content (AvgIpc) is 3.81. The first-order valence-electron chi connectivity index (χ1n) is 20.5. The monoisotopic (exact) mass is 861 g/mol. The Morgan fingerprint density at radius 2 is 1.56 bits per heavy atom. The summed E-state index contributed by atoms with van der Waals surface area (Å²) in [5.74, 6) is 0.237. The highest BCUT2D eigenvalue weighted by Crippen LogP contribution is 2.51. The molecule has 2 amide bonds. The van der Waals surface area contributed by atoms with E-state index in [0.29, 0.717) is 11.5 Å². The highest BCUT2D eigenvalue weighted by atomic mass is 31.2. The molecule has 4 unspecified atom stereocenters. The maximum Gasteiger partial charge on any atom is 0.259 e. The van der Waals surface area contributed by atoms with E-state index >= 15 is 4.39 Å². The summed E-state index contributed by atoms with van der Waals surface area (Å²) in [6, 6.07) is 25.9. The van der Waals surface area contributed by atoms with Gasteiger partial charge in [0.15, 0.2) is 24.7 Å². The van der Waals surface area contributed by atoms with E-state index in [9.17, 15) is 14.9 Å². The summed E-state index contributed by atoms with van der Waals surface area (Å²) in [6.45, 7) is 11.4. The lowest BCUT2D eigenvalue weighted by Crippen LogP contribution is -2.72. The van der Waals surface area contributed by atoms with Crippen LogP contribution >= 0.6 is 8.53 Å². The molecule has 3 aromatic carbocycles. The molecule has 3 aromatic rings. The van der Waals surface area contributed by atoms with E-state index < -0.39 is 63.1 Å². The number of rotatable bonds is 19. The van der Waals surface area contributed by atoms with Gasteiger partial charge in [-0.05, 0) is 68.7 Å². The van der Waals surface area contributed by atoms with E-state index in [1.165, 1.54) is 11.2 Å². The second-order valence-corrected chi connectivity index (χ2v) is 17.2. The molecule has 0 aromatic heterocycles. The van der Waals surface area contributed by atoms with Crippen LogP contribution in [-0.4, -0.2) is 110 Å². The lowest BCUT2D eigenvalue weighted by atomic mass is 9.80. The van der Waals surface area contributed by atoms with E-state index in [0.717, 1.165) is 16.7 Å². The van der Waals surface area contributed by atoms with E-state index in [1.807, 2.05) is 111 Å².